The Morgan fingerprint density at radius 2 is 1.90 bits per heavy atom. The van der Waals surface area contributed by atoms with Crippen LogP contribution in [0.3, 0.4) is 0 Å². The van der Waals surface area contributed by atoms with Gasteiger partial charge in [0.15, 0.2) is 16.8 Å². The number of aromatic nitrogens is 3. The van der Waals surface area contributed by atoms with E-state index in [4.69, 9.17) is 4.74 Å². The number of halogens is 3. The number of hydrogen-bond donors (Lipinski definition) is 1. The van der Waals surface area contributed by atoms with Gasteiger partial charge in [0.05, 0.1) is 18.1 Å². The lowest BCUT2D eigenvalue weighted by atomic mass is 10.3. The molecule has 0 atom stereocenters. The largest absolute Gasteiger partial charge is 0.497 e. The van der Waals surface area contributed by atoms with Crippen molar-refractivity contribution in [1.82, 2.24) is 15.0 Å². The van der Waals surface area contributed by atoms with Crippen molar-refractivity contribution < 1.29 is 17.9 Å². The van der Waals surface area contributed by atoms with E-state index in [1.54, 1.807) is 18.2 Å². The summed E-state index contributed by atoms with van der Waals surface area (Å²) in [7, 11) is 1.54. The topological polar surface area (TPSA) is 50.8 Å². The molecule has 4 nitrogen and oxygen atoms in total. The van der Waals surface area contributed by atoms with Gasteiger partial charge in [-0.1, -0.05) is 0 Å². The van der Waals surface area contributed by atoms with Crippen LogP contribution in [0.5, 0.6) is 5.75 Å². The monoisotopic (exact) mass is 311 g/mol. The van der Waals surface area contributed by atoms with Crippen molar-refractivity contribution in [1.29, 1.82) is 0 Å². The molecule has 2 aromatic heterocycles. The Morgan fingerprint density at radius 1 is 1.10 bits per heavy atom. The molecular weight excluding hydrogens is 303 g/mol. The SMILES string of the molecule is COc1ccc2nc(Sc3nc(F)c(F)cc3F)[nH]c2c1. The van der Waals surface area contributed by atoms with Crippen molar-refractivity contribution in [2.45, 2.75) is 10.2 Å². The molecule has 0 aliphatic carbocycles. The van der Waals surface area contributed by atoms with E-state index in [0.29, 0.717) is 28.0 Å². The second-order valence-electron chi connectivity index (χ2n) is 4.08. The number of benzene rings is 1. The quantitative estimate of drug-likeness (QED) is 0.752. The van der Waals surface area contributed by atoms with Crippen molar-refractivity contribution in [2.75, 3.05) is 7.11 Å². The van der Waals surface area contributed by atoms with Crippen molar-refractivity contribution in [3.05, 3.63) is 41.8 Å². The van der Waals surface area contributed by atoms with Crippen LogP contribution >= 0.6 is 11.8 Å². The molecule has 0 spiro atoms. The second-order valence-corrected chi connectivity index (χ2v) is 5.05. The number of fused-ring (bicyclic) bond motifs is 1. The molecule has 0 aliphatic heterocycles. The number of rotatable bonds is 3. The molecule has 2 heterocycles. The Bertz CT molecular complexity index is 822. The minimum atomic E-state index is -1.35. The van der Waals surface area contributed by atoms with Gasteiger partial charge < -0.3 is 9.72 Å². The number of methoxy groups -OCH3 is 1. The molecule has 0 saturated carbocycles. The van der Waals surface area contributed by atoms with Gasteiger partial charge >= 0.3 is 0 Å². The van der Waals surface area contributed by atoms with Gasteiger partial charge in [-0.3, -0.25) is 0 Å². The summed E-state index contributed by atoms with van der Waals surface area (Å²) >= 11 is 0.776. The molecule has 108 valence electrons. The van der Waals surface area contributed by atoms with Crippen LogP contribution in [0, 0.1) is 17.6 Å². The van der Waals surface area contributed by atoms with E-state index in [-0.39, 0.29) is 5.03 Å². The Hall–Kier alpha value is -2.22. The van der Waals surface area contributed by atoms with Crippen LogP contribution in [-0.4, -0.2) is 22.1 Å². The zero-order valence-corrected chi connectivity index (χ0v) is 11.5. The third-order valence-electron chi connectivity index (χ3n) is 2.72. The maximum atomic E-state index is 13.5. The molecule has 0 bridgehead atoms. The molecule has 21 heavy (non-hydrogen) atoms. The molecule has 0 saturated heterocycles. The summed E-state index contributed by atoms with van der Waals surface area (Å²) in [6.45, 7) is 0. The minimum Gasteiger partial charge on any atom is -0.497 e. The van der Waals surface area contributed by atoms with Gasteiger partial charge in [-0.15, -0.1) is 0 Å². The Balaban J connectivity index is 1.96. The van der Waals surface area contributed by atoms with Crippen LogP contribution in [0.25, 0.3) is 11.0 Å². The third kappa shape index (κ3) is 2.66. The molecule has 0 fully saturated rings. The van der Waals surface area contributed by atoms with Gasteiger partial charge in [0, 0.05) is 12.1 Å². The first kappa shape index (κ1) is 13.7. The standard InChI is InChI=1S/C13H8F3N3OS/c1-20-6-2-3-9-10(4-6)18-13(17-9)21-12-8(15)5-7(14)11(16)19-12/h2-5H,1H3,(H,17,18). The highest BCUT2D eigenvalue weighted by Crippen LogP contribution is 2.29. The predicted octanol–water partition coefficient (Wildman–Crippen LogP) is 3.54. The van der Waals surface area contributed by atoms with Gasteiger partial charge in [-0.25, -0.2) is 18.7 Å². The summed E-state index contributed by atoms with van der Waals surface area (Å²) in [4.78, 5) is 10.4. The normalized spacial score (nSPS) is 11.0. The number of pyridine rings is 1. The zero-order chi connectivity index (χ0) is 15.0. The molecular formula is C13H8F3N3OS. The fraction of sp³-hybridized carbons (Fsp3) is 0.0769. The summed E-state index contributed by atoms with van der Waals surface area (Å²) in [5.74, 6) is -2.99. The van der Waals surface area contributed by atoms with Crippen molar-refractivity contribution in [3.8, 4) is 5.75 Å². The maximum absolute atomic E-state index is 13.5. The minimum absolute atomic E-state index is 0.292. The van der Waals surface area contributed by atoms with E-state index < -0.39 is 17.6 Å². The lowest BCUT2D eigenvalue weighted by molar-refractivity contribution is 0.415. The molecule has 1 aromatic carbocycles. The van der Waals surface area contributed by atoms with Gasteiger partial charge in [0.25, 0.3) is 0 Å². The third-order valence-corrected chi connectivity index (χ3v) is 3.58. The van der Waals surface area contributed by atoms with Crippen LogP contribution in [-0.2, 0) is 0 Å². The number of ether oxygens (including phenoxy) is 1. The number of imidazole rings is 1. The summed E-state index contributed by atoms with van der Waals surface area (Å²) in [6, 6.07) is 5.63. The average Bonchev–Trinajstić information content (AvgIpc) is 2.85. The molecule has 8 heteroatoms. The first-order chi connectivity index (χ1) is 10.1. The molecule has 0 aliphatic rings. The summed E-state index contributed by atoms with van der Waals surface area (Å²) in [5.41, 5.74) is 1.32. The molecule has 0 amide bonds. The summed E-state index contributed by atoms with van der Waals surface area (Å²) in [5, 5.41) is 0.0237. The van der Waals surface area contributed by atoms with Crippen molar-refractivity contribution in [2.24, 2.45) is 0 Å². The first-order valence-electron chi connectivity index (χ1n) is 5.80. The van der Waals surface area contributed by atoms with Gasteiger partial charge in [0.2, 0.25) is 5.95 Å². The van der Waals surface area contributed by atoms with E-state index in [1.165, 1.54) is 7.11 Å². The molecule has 3 aromatic rings. The Kier molecular flexibility index (Phi) is 3.46. The Morgan fingerprint density at radius 3 is 2.67 bits per heavy atom. The van der Waals surface area contributed by atoms with Gasteiger partial charge in [-0.05, 0) is 23.9 Å². The second kappa shape index (κ2) is 5.28. The molecule has 3 rings (SSSR count). The van der Waals surface area contributed by atoms with Crippen LogP contribution in [0.4, 0.5) is 13.2 Å². The fourth-order valence-electron chi connectivity index (χ4n) is 1.73. The average molecular weight is 311 g/mol. The maximum Gasteiger partial charge on any atom is 0.250 e. The van der Waals surface area contributed by atoms with Gasteiger partial charge in [0.1, 0.15) is 10.8 Å². The Labute approximate surface area is 121 Å². The lowest BCUT2D eigenvalue weighted by Gasteiger charge is -2.00. The summed E-state index contributed by atoms with van der Waals surface area (Å²) < 4.78 is 44.5. The highest BCUT2D eigenvalue weighted by Gasteiger charge is 2.15. The van der Waals surface area contributed by atoms with E-state index in [1.807, 2.05) is 0 Å². The van der Waals surface area contributed by atoms with Gasteiger partial charge in [-0.2, -0.15) is 4.39 Å². The first-order valence-corrected chi connectivity index (χ1v) is 6.61. The van der Waals surface area contributed by atoms with Crippen LogP contribution in [0.2, 0.25) is 0 Å². The number of hydrogen-bond acceptors (Lipinski definition) is 4. The molecule has 1 N–H and O–H groups in total. The van der Waals surface area contributed by atoms with Crippen LogP contribution in [0.15, 0.2) is 34.4 Å². The van der Waals surface area contributed by atoms with Crippen molar-refractivity contribution in [3.63, 3.8) is 0 Å². The van der Waals surface area contributed by atoms with E-state index in [2.05, 4.69) is 15.0 Å². The fourth-order valence-corrected chi connectivity index (χ4v) is 2.50. The summed E-state index contributed by atoms with van der Waals surface area (Å²) in [6.07, 6.45) is 0. The predicted molar refractivity (Wildman–Crippen MR) is 70.9 cm³/mol. The number of nitrogens with zero attached hydrogens (tertiary/aromatic N) is 2. The van der Waals surface area contributed by atoms with Crippen LogP contribution < -0.4 is 4.74 Å². The highest BCUT2D eigenvalue weighted by molar-refractivity contribution is 7.99. The lowest BCUT2D eigenvalue weighted by Crippen LogP contribution is -1.95. The molecule has 0 radical (unpaired) electrons. The van der Waals surface area contributed by atoms with E-state index >= 15 is 0 Å². The number of nitrogens with one attached hydrogen (secondary N) is 1. The smallest absolute Gasteiger partial charge is 0.250 e. The van der Waals surface area contributed by atoms with Crippen molar-refractivity contribution >= 4 is 22.8 Å². The van der Waals surface area contributed by atoms with E-state index in [9.17, 15) is 13.2 Å². The number of H-pyrrole nitrogens is 1. The number of aromatic amines is 1. The zero-order valence-electron chi connectivity index (χ0n) is 10.7. The molecule has 0 unspecified atom stereocenters. The van der Waals surface area contributed by atoms with E-state index in [0.717, 1.165) is 11.8 Å². The van der Waals surface area contributed by atoms with Crippen LogP contribution in [0.1, 0.15) is 0 Å². The highest BCUT2D eigenvalue weighted by atomic mass is 32.2.